The number of aryl methyl sites for hydroxylation is 1. The number of nitrogens with one attached hydrogen (secondary N) is 1. The Morgan fingerprint density at radius 1 is 1.11 bits per heavy atom. The molecular formula is C23H21N3O2. The summed E-state index contributed by atoms with van der Waals surface area (Å²) in [4.78, 5) is 31.0. The number of fused-ring (bicyclic) bond motifs is 2. The molecule has 1 N–H and O–H groups in total. The van der Waals surface area contributed by atoms with Crippen LogP contribution in [0, 0.1) is 6.92 Å². The molecule has 1 aromatic heterocycles. The van der Waals surface area contributed by atoms with Crippen molar-refractivity contribution in [1.82, 2.24) is 4.98 Å². The molecule has 2 aromatic carbocycles. The lowest BCUT2D eigenvalue weighted by atomic mass is 9.82. The highest BCUT2D eigenvalue weighted by atomic mass is 16.2. The predicted octanol–water partition coefficient (Wildman–Crippen LogP) is 4.14. The van der Waals surface area contributed by atoms with Gasteiger partial charge in [-0.25, -0.2) is 0 Å². The topological polar surface area (TPSA) is 62.3 Å². The maximum atomic E-state index is 12.5. The van der Waals surface area contributed by atoms with Crippen LogP contribution in [0.5, 0.6) is 0 Å². The second-order valence-corrected chi connectivity index (χ2v) is 7.60. The van der Waals surface area contributed by atoms with E-state index in [1.54, 1.807) is 11.1 Å². The van der Waals surface area contributed by atoms with Crippen LogP contribution in [0.2, 0.25) is 0 Å². The predicted molar refractivity (Wildman–Crippen MR) is 110 cm³/mol. The van der Waals surface area contributed by atoms with E-state index in [0.717, 1.165) is 51.9 Å². The molecule has 3 heterocycles. The number of nitrogens with zero attached hydrogens (tertiary/aromatic N) is 2. The standard InChI is InChI=1S/C23H21N3O2/c1-14-6-8-16(18-4-2-10-24-23(14)18)19-13-21(27)25-20-12-15(7-9-17(19)20)26-11-3-5-22(26)28/h2,4,6-10,12,19H,3,5,11,13H2,1H3,(H,25,27). The quantitative estimate of drug-likeness (QED) is 0.736. The van der Waals surface area contributed by atoms with Gasteiger partial charge in [0.1, 0.15) is 0 Å². The minimum atomic E-state index is -0.0284. The van der Waals surface area contributed by atoms with Crippen LogP contribution in [0.25, 0.3) is 10.9 Å². The van der Waals surface area contributed by atoms with E-state index >= 15 is 0 Å². The molecule has 5 rings (SSSR count). The molecule has 28 heavy (non-hydrogen) atoms. The van der Waals surface area contributed by atoms with Gasteiger partial charge in [0.25, 0.3) is 0 Å². The van der Waals surface area contributed by atoms with Crippen molar-refractivity contribution in [3.8, 4) is 0 Å². The fraction of sp³-hybridized carbons (Fsp3) is 0.261. The number of benzene rings is 2. The Labute approximate surface area is 163 Å². The van der Waals surface area contributed by atoms with Gasteiger partial charge in [-0.2, -0.15) is 0 Å². The maximum Gasteiger partial charge on any atom is 0.227 e. The first-order valence-corrected chi connectivity index (χ1v) is 9.70. The van der Waals surface area contributed by atoms with Gasteiger partial charge in [-0.15, -0.1) is 0 Å². The van der Waals surface area contributed by atoms with Crippen molar-refractivity contribution in [2.24, 2.45) is 0 Å². The van der Waals surface area contributed by atoms with Gasteiger partial charge in [0.15, 0.2) is 0 Å². The minimum Gasteiger partial charge on any atom is -0.326 e. The zero-order chi connectivity index (χ0) is 19.3. The molecule has 0 saturated carbocycles. The van der Waals surface area contributed by atoms with E-state index in [9.17, 15) is 9.59 Å². The number of carbonyl (C=O) groups excluding carboxylic acids is 2. The average molecular weight is 371 g/mol. The van der Waals surface area contributed by atoms with Gasteiger partial charge < -0.3 is 10.2 Å². The molecule has 140 valence electrons. The molecule has 2 aliphatic heterocycles. The molecule has 0 spiro atoms. The van der Waals surface area contributed by atoms with Crippen LogP contribution in [0.15, 0.2) is 48.7 Å². The van der Waals surface area contributed by atoms with Gasteiger partial charge in [0, 0.05) is 48.3 Å². The average Bonchev–Trinajstić information content (AvgIpc) is 3.13. The normalized spacial score (nSPS) is 19.0. The van der Waals surface area contributed by atoms with Crippen LogP contribution >= 0.6 is 0 Å². The monoisotopic (exact) mass is 371 g/mol. The van der Waals surface area contributed by atoms with Crippen molar-refractivity contribution in [3.63, 3.8) is 0 Å². The van der Waals surface area contributed by atoms with Gasteiger partial charge >= 0.3 is 0 Å². The molecule has 2 amide bonds. The Morgan fingerprint density at radius 3 is 2.79 bits per heavy atom. The Balaban J connectivity index is 1.63. The molecule has 0 aliphatic carbocycles. The highest BCUT2D eigenvalue weighted by Crippen LogP contribution is 2.41. The first-order valence-electron chi connectivity index (χ1n) is 9.70. The van der Waals surface area contributed by atoms with Crippen molar-refractivity contribution in [2.45, 2.75) is 32.1 Å². The summed E-state index contributed by atoms with van der Waals surface area (Å²) in [6, 6.07) is 14.2. The third-order valence-corrected chi connectivity index (χ3v) is 5.84. The SMILES string of the molecule is Cc1ccc(C2CC(=O)Nc3cc(N4CCCC4=O)ccc32)c2cccnc12. The number of amides is 2. The number of pyridine rings is 1. The fourth-order valence-electron chi connectivity index (χ4n) is 4.46. The van der Waals surface area contributed by atoms with Crippen LogP contribution in [0.3, 0.4) is 0 Å². The number of aromatic nitrogens is 1. The minimum absolute atomic E-state index is 0.0000128. The third-order valence-electron chi connectivity index (χ3n) is 5.84. The van der Waals surface area contributed by atoms with Gasteiger partial charge in [0.2, 0.25) is 11.8 Å². The van der Waals surface area contributed by atoms with E-state index in [0.29, 0.717) is 12.8 Å². The molecule has 1 fully saturated rings. The fourth-order valence-corrected chi connectivity index (χ4v) is 4.46. The number of anilines is 2. The van der Waals surface area contributed by atoms with Gasteiger partial charge in [0.05, 0.1) is 5.52 Å². The lowest BCUT2D eigenvalue weighted by Crippen LogP contribution is -2.26. The Kier molecular flexibility index (Phi) is 3.90. The summed E-state index contributed by atoms with van der Waals surface area (Å²) in [5, 5.41) is 4.09. The van der Waals surface area contributed by atoms with E-state index in [4.69, 9.17) is 0 Å². The molecular weight excluding hydrogens is 350 g/mol. The van der Waals surface area contributed by atoms with Crippen molar-refractivity contribution in [3.05, 3.63) is 65.4 Å². The first-order chi connectivity index (χ1) is 13.6. The largest absolute Gasteiger partial charge is 0.326 e. The molecule has 0 bridgehead atoms. The second-order valence-electron chi connectivity index (χ2n) is 7.60. The molecule has 1 unspecified atom stereocenters. The van der Waals surface area contributed by atoms with E-state index in [1.807, 2.05) is 18.2 Å². The summed E-state index contributed by atoms with van der Waals surface area (Å²) in [6.45, 7) is 2.79. The zero-order valence-electron chi connectivity index (χ0n) is 15.7. The molecule has 1 atom stereocenters. The van der Waals surface area contributed by atoms with Crippen LogP contribution < -0.4 is 10.2 Å². The lowest BCUT2D eigenvalue weighted by Gasteiger charge is -2.28. The highest BCUT2D eigenvalue weighted by molar-refractivity contribution is 6.00. The van der Waals surface area contributed by atoms with Crippen molar-refractivity contribution >= 4 is 34.1 Å². The Hall–Kier alpha value is -3.21. The lowest BCUT2D eigenvalue weighted by molar-refractivity contribution is -0.117. The van der Waals surface area contributed by atoms with Gasteiger partial charge in [-0.3, -0.25) is 14.6 Å². The van der Waals surface area contributed by atoms with Gasteiger partial charge in [-0.05, 0) is 48.2 Å². The summed E-state index contributed by atoms with van der Waals surface area (Å²) in [5.74, 6) is 0.119. The number of rotatable bonds is 2. The third kappa shape index (κ3) is 2.66. The van der Waals surface area contributed by atoms with E-state index in [-0.39, 0.29) is 17.7 Å². The summed E-state index contributed by atoms with van der Waals surface area (Å²) in [6.07, 6.45) is 3.68. The van der Waals surface area contributed by atoms with Crippen LogP contribution in [-0.2, 0) is 9.59 Å². The molecule has 2 aliphatic rings. The maximum absolute atomic E-state index is 12.5. The van der Waals surface area contributed by atoms with E-state index < -0.39 is 0 Å². The van der Waals surface area contributed by atoms with E-state index in [1.165, 1.54) is 0 Å². The van der Waals surface area contributed by atoms with Crippen molar-refractivity contribution in [1.29, 1.82) is 0 Å². The number of carbonyl (C=O) groups is 2. The van der Waals surface area contributed by atoms with Crippen molar-refractivity contribution < 1.29 is 9.59 Å². The van der Waals surface area contributed by atoms with Gasteiger partial charge in [-0.1, -0.05) is 24.3 Å². The van der Waals surface area contributed by atoms with Crippen LogP contribution in [-0.4, -0.2) is 23.3 Å². The van der Waals surface area contributed by atoms with Crippen molar-refractivity contribution in [2.75, 3.05) is 16.8 Å². The first kappa shape index (κ1) is 16.9. The Morgan fingerprint density at radius 2 is 1.96 bits per heavy atom. The highest BCUT2D eigenvalue weighted by Gasteiger charge is 2.30. The molecule has 3 aromatic rings. The Bertz CT molecular complexity index is 1120. The number of hydrogen-bond donors (Lipinski definition) is 1. The smallest absolute Gasteiger partial charge is 0.227 e. The molecule has 1 saturated heterocycles. The summed E-state index contributed by atoms with van der Waals surface area (Å²) >= 11 is 0. The molecule has 5 nitrogen and oxygen atoms in total. The summed E-state index contributed by atoms with van der Waals surface area (Å²) < 4.78 is 0. The summed E-state index contributed by atoms with van der Waals surface area (Å²) in [7, 11) is 0. The molecule has 5 heteroatoms. The molecule has 0 radical (unpaired) electrons. The number of hydrogen-bond acceptors (Lipinski definition) is 3. The second kappa shape index (κ2) is 6.44. The van der Waals surface area contributed by atoms with Crippen LogP contribution in [0.1, 0.15) is 41.9 Å². The van der Waals surface area contributed by atoms with Crippen LogP contribution in [0.4, 0.5) is 11.4 Å². The van der Waals surface area contributed by atoms with E-state index in [2.05, 4.69) is 41.5 Å². The summed E-state index contributed by atoms with van der Waals surface area (Å²) in [5.41, 5.74) is 5.97. The zero-order valence-corrected chi connectivity index (χ0v) is 15.7.